The van der Waals surface area contributed by atoms with Crippen LogP contribution in [0.25, 0.3) is 5.69 Å². The Bertz CT molecular complexity index is 883. The van der Waals surface area contributed by atoms with Crippen LogP contribution in [0.1, 0.15) is 30.6 Å². The number of carbonyl (C=O) groups excluding carboxylic acids is 1. The van der Waals surface area contributed by atoms with Crippen molar-refractivity contribution in [3.63, 3.8) is 0 Å². The molecule has 3 heterocycles. The fourth-order valence-corrected chi connectivity index (χ4v) is 3.53. The molecule has 0 saturated carbocycles. The lowest BCUT2D eigenvalue weighted by atomic mass is 9.94. The maximum atomic E-state index is 13.0. The number of aryl methyl sites for hydroxylation is 1. The summed E-state index contributed by atoms with van der Waals surface area (Å²) in [5, 5.41) is 4.13. The molecule has 2 atom stereocenters. The predicted molar refractivity (Wildman–Crippen MR) is 96.6 cm³/mol. The van der Waals surface area contributed by atoms with Gasteiger partial charge in [-0.3, -0.25) is 4.79 Å². The van der Waals surface area contributed by atoms with E-state index in [2.05, 4.69) is 26.6 Å². The van der Waals surface area contributed by atoms with Crippen molar-refractivity contribution in [3.8, 4) is 5.69 Å². The van der Waals surface area contributed by atoms with E-state index in [1.165, 1.54) is 6.33 Å². The van der Waals surface area contributed by atoms with E-state index in [-0.39, 0.29) is 17.9 Å². The summed E-state index contributed by atoms with van der Waals surface area (Å²) >= 11 is 0. The Morgan fingerprint density at radius 1 is 1.23 bits per heavy atom. The fourth-order valence-electron chi connectivity index (χ4n) is 3.53. The highest BCUT2D eigenvalue weighted by Gasteiger charge is 2.29. The summed E-state index contributed by atoms with van der Waals surface area (Å²) < 4.78 is 3.85. The Labute approximate surface area is 152 Å². The van der Waals surface area contributed by atoms with Crippen LogP contribution in [0, 0.1) is 5.92 Å². The zero-order chi connectivity index (χ0) is 18.1. The molecule has 0 fully saturated rings. The number of benzene rings is 1. The minimum Gasteiger partial charge on any atom is -0.339 e. The van der Waals surface area contributed by atoms with Gasteiger partial charge in [-0.05, 0) is 31.0 Å². The van der Waals surface area contributed by atoms with Crippen molar-refractivity contribution in [1.29, 1.82) is 0 Å². The molecule has 0 aliphatic carbocycles. The monoisotopic (exact) mass is 350 g/mol. The van der Waals surface area contributed by atoms with Gasteiger partial charge in [0.05, 0.1) is 18.1 Å². The van der Waals surface area contributed by atoms with Gasteiger partial charge in [0.1, 0.15) is 12.7 Å². The molecule has 1 amide bonds. The molecule has 1 aliphatic heterocycles. The number of aromatic nitrogens is 5. The van der Waals surface area contributed by atoms with Gasteiger partial charge in [-0.2, -0.15) is 5.10 Å². The Morgan fingerprint density at radius 3 is 2.77 bits per heavy atom. The lowest BCUT2D eigenvalue weighted by molar-refractivity contribution is -0.136. The lowest BCUT2D eigenvalue weighted by Crippen LogP contribution is -2.38. The van der Waals surface area contributed by atoms with Crippen LogP contribution in [-0.4, -0.2) is 42.2 Å². The molecule has 1 aromatic carbocycles. The Hall–Kier alpha value is -2.96. The van der Waals surface area contributed by atoms with Crippen LogP contribution in [-0.2, 0) is 17.8 Å². The molecule has 26 heavy (non-hydrogen) atoms. The summed E-state index contributed by atoms with van der Waals surface area (Å²) in [5.41, 5.74) is 3.20. The molecule has 2 aromatic heterocycles. The molecule has 3 aromatic rings. The first kappa shape index (κ1) is 16.5. The number of hydrogen-bond acceptors (Lipinski definition) is 4. The SMILES string of the molecule is C[C@H](c1ccc(-n2cncn2)cc1)N(C)C(=O)[C@@H]1CCn2cncc2C1. The third-order valence-corrected chi connectivity index (χ3v) is 5.31. The summed E-state index contributed by atoms with van der Waals surface area (Å²) in [6.07, 6.45) is 8.53. The summed E-state index contributed by atoms with van der Waals surface area (Å²) in [4.78, 5) is 23.0. The summed E-state index contributed by atoms with van der Waals surface area (Å²) in [5.74, 6) is 0.228. The Balaban J connectivity index is 1.45. The van der Waals surface area contributed by atoms with Gasteiger partial charge in [-0.1, -0.05) is 12.1 Å². The largest absolute Gasteiger partial charge is 0.339 e. The van der Waals surface area contributed by atoms with Crippen molar-refractivity contribution in [2.75, 3.05) is 7.05 Å². The average Bonchev–Trinajstić information content (AvgIpc) is 3.37. The highest BCUT2D eigenvalue weighted by molar-refractivity contribution is 5.79. The van der Waals surface area contributed by atoms with Gasteiger partial charge in [-0.15, -0.1) is 0 Å². The van der Waals surface area contributed by atoms with E-state index >= 15 is 0 Å². The lowest BCUT2D eigenvalue weighted by Gasteiger charge is -2.31. The molecule has 0 unspecified atom stereocenters. The van der Waals surface area contributed by atoms with Crippen molar-refractivity contribution in [1.82, 2.24) is 29.2 Å². The highest BCUT2D eigenvalue weighted by atomic mass is 16.2. The molecule has 0 bridgehead atoms. The molecular formula is C19H22N6O. The van der Waals surface area contributed by atoms with Crippen molar-refractivity contribution in [3.05, 3.63) is 60.7 Å². The molecule has 0 N–H and O–H groups in total. The van der Waals surface area contributed by atoms with Gasteiger partial charge in [0.2, 0.25) is 5.91 Å². The van der Waals surface area contributed by atoms with E-state index in [0.29, 0.717) is 0 Å². The van der Waals surface area contributed by atoms with Crippen molar-refractivity contribution in [2.24, 2.45) is 5.92 Å². The number of hydrogen-bond donors (Lipinski definition) is 0. The van der Waals surface area contributed by atoms with Gasteiger partial charge in [0.15, 0.2) is 0 Å². The third kappa shape index (κ3) is 3.00. The zero-order valence-corrected chi connectivity index (χ0v) is 15.0. The van der Waals surface area contributed by atoms with Crippen molar-refractivity contribution in [2.45, 2.75) is 32.4 Å². The fraction of sp³-hybridized carbons (Fsp3) is 0.368. The van der Waals surface area contributed by atoms with E-state index in [0.717, 1.165) is 36.3 Å². The highest BCUT2D eigenvalue weighted by Crippen LogP contribution is 2.26. The van der Waals surface area contributed by atoms with Gasteiger partial charge in [0.25, 0.3) is 0 Å². The smallest absolute Gasteiger partial charge is 0.226 e. The topological polar surface area (TPSA) is 68.8 Å². The van der Waals surface area contributed by atoms with E-state index in [9.17, 15) is 4.79 Å². The van der Waals surface area contributed by atoms with E-state index in [4.69, 9.17) is 0 Å². The molecule has 7 heteroatoms. The summed E-state index contributed by atoms with van der Waals surface area (Å²) in [7, 11) is 1.89. The van der Waals surface area contributed by atoms with Crippen LogP contribution in [0.5, 0.6) is 0 Å². The first-order chi connectivity index (χ1) is 12.6. The number of imidazole rings is 1. The van der Waals surface area contributed by atoms with Gasteiger partial charge < -0.3 is 9.47 Å². The van der Waals surface area contributed by atoms with Gasteiger partial charge in [-0.25, -0.2) is 14.6 Å². The second-order valence-corrected chi connectivity index (χ2v) is 6.82. The normalized spacial score (nSPS) is 17.5. The second-order valence-electron chi connectivity index (χ2n) is 6.82. The van der Waals surface area contributed by atoms with E-state index in [1.807, 2.05) is 48.7 Å². The summed E-state index contributed by atoms with van der Waals surface area (Å²) in [6.45, 7) is 2.93. The minimum absolute atomic E-state index is 0.0131. The maximum absolute atomic E-state index is 13.0. The van der Waals surface area contributed by atoms with Crippen molar-refractivity contribution >= 4 is 5.91 Å². The molecule has 4 rings (SSSR count). The molecule has 0 spiro atoms. The molecule has 0 saturated heterocycles. The van der Waals surface area contributed by atoms with E-state index < -0.39 is 0 Å². The van der Waals surface area contributed by atoms with Crippen LogP contribution in [0.2, 0.25) is 0 Å². The third-order valence-electron chi connectivity index (χ3n) is 5.31. The Kier molecular flexibility index (Phi) is 4.28. The number of amides is 1. The molecule has 1 aliphatic rings. The van der Waals surface area contributed by atoms with Crippen LogP contribution in [0.15, 0.2) is 49.4 Å². The number of rotatable bonds is 4. The molecule has 134 valence electrons. The summed E-state index contributed by atoms with van der Waals surface area (Å²) in [6, 6.07) is 8.10. The van der Waals surface area contributed by atoms with Gasteiger partial charge >= 0.3 is 0 Å². The molecule has 7 nitrogen and oxygen atoms in total. The van der Waals surface area contributed by atoms with Gasteiger partial charge in [0, 0.05) is 37.8 Å². The zero-order valence-electron chi connectivity index (χ0n) is 15.0. The number of fused-ring (bicyclic) bond motifs is 1. The number of carbonyl (C=O) groups is 1. The average molecular weight is 350 g/mol. The predicted octanol–water partition coefficient (Wildman–Crippen LogP) is 2.25. The minimum atomic E-state index is 0.0131. The first-order valence-corrected chi connectivity index (χ1v) is 8.84. The van der Waals surface area contributed by atoms with Crippen LogP contribution in [0.3, 0.4) is 0 Å². The van der Waals surface area contributed by atoms with Crippen LogP contribution < -0.4 is 0 Å². The number of nitrogens with zero attached hydrogens (tertiary/aromatic N) is 6. The van der Waals surface area contributed by atoms with Crippen LogP contribution in [0.4, 0.5) is 0 Å². The standard InChI is InChI=1S/C19H22N6O/c1-14(15-3-5-17(6-4-15)25-13-21-11-22-25)23(2)19(26)16-7-8-24-12-20-10-18(24)9-16/h3-6,10-14,16H,7-9H2,1-2H3/t14-,16-/m1/s1. The second kappa shape index (κ2) is 6.74. The van der Waals surface area contributed by atoms with Crippen LogP contribution >= 0.6 is 0 Å². The first-order valence-electron chi connectivity index (χ1n) is 8.84. The molecular weight excluding hydrogens is 328 g/mol. The van der Waals surface area contributed by atoms with E-state index in [1.54, 1.807) is 11.0 Å². The Morgan fingerprint density at radius 2 is 2.04 bits per heavy atom. The molecule has 0 radical (unpaired) electrons. The maximum Gasteiger partial charge on any atom is 0.226 e. The quantitative estimate of drug-likeness (QED) is 0.724. The van der Waals surface area contributed by atoms with Crippen molar-refractivity contribution < 1.29 is 4.79 Å².